The lowest BCUT2D eigenvalue weighted by Gasteiger charge is -2.27. The summed E-state index contributed by atoms with van der Waals surface area (Å²) in [6.45, 7) is 15.4. The number of anilines is 1. The average molecular weight is 261 g/mol. The third kappa shape index (κ3) is 4.67. The highest BCUT2D eigenvalue weighted by atomic mass is 15.2. The van der Waals surface area contributed by atoms with Crippen molar-refractivity contribution in [1.29, 1.82) is 0 Å². The molecule has 0 saturated carbocycles. The van der Waals surface area contributed by atoms with Crippen LogP contribution in [0.15, 0.2) is 30.5 Å². The predicted molar refractivity (Wildman–Crippen MR) is 83.6 cm³/mol. The Hall–Kier alpha value is -1.35. The molecule has 19 heavy (non-hydrogen) atoms. The molecule has 0 spiro atoms. The molecule has 106 valence electrons. The van der Waals surface area contributed by atoms with E-state index in [4.69, 9.17) is 0 Å². The maximum Gasteiger partial charge on any atom is 0.133 e. The van der Waals surface area contributed by atoms with Crippen LogP contribution in [0.2, 0.25) is 0 Å². The lowest BCUT2D eigenvalue weighted by Crippen LogP contribution is -2.29. The number of aromatic nitrogens is 1. The van der Waals surface area contributed by atoms with Crippen LogP contribution in [0.5, 0.6) is 0 Å². The fraction of sp³-hybridized carbons (Fsp3) is 0.562. The summed E-state index contributed by atoms with van der Waals surface area (Å²) >= 11 is 0. The second-order valence-electron chi connectivity index (χ2n) is 5.06. The van der Waals surface area contributed by atoms with Crippen molar-refractivity contribution >= 4 is 5.82 Å². The Bertz CT molecular complexity index is 401. The molecule has 0 aliphatic heterocycles. The number of hydrogen-bond acceptors (Lipinski definition) is 3. The van der Waals surface area contributed by atoms with E-state index >= 15 is 0 Å². The molecule has 0 radical (unpaired) electrons. The highest BCUT2D eigenvalue weighted by molar-refractivity contribution is 5.49. The van der Waals surface area contributed by atoms with Crippen LogP contribution in [0.25, 0.3) is 0 Å². The van der Waals surface area contributed by atoms with Gasteiger partial charge in [-0.1, -0.05) is 25.1 Å². The molecule has 1 aromatic rings. The molecule has 0 bridgehead atoms. The van der Waals surface area contributed by atoms with E-state index in [9.17, 15) is 0 Å². The van der Waals surface area contributed by atoms with Gasteiger partial charge in [-0.3, -0.25) is 0 Å². The van der Waals surface area contributed by atoms with E-state index in [1.165, 1.54) is 5.56 Å². The molecule has 1 N–H and O–H groups in total. The summed E-state index contributed by atoms with van der Waals surface area (Å²) in [5.41, 5.74) is 2.42. The van der Waals surface area contributed by atoms with Crippen LogP contribution in [0.1, 0.15) is 45.7 Å². The summed E-state index contributed by atoms with van der Waals surface area (Å²) in [4.78, 5) is 6.86. The van der Waals surface area contributed by atoms with Crippen molar-refractivity contribution < 1.29 is 0 Å². The van der Waals surface area contributed by atoms with Crippen molar-refractivity contribution in [3.63, 3.8) is 0 Å². The first-order valence-corrected chi connectivity index (χ1v) is 7.17. The molecule has 1 heterocycles. The van der Waals surface area contributed by atoms with Crippen LogP contribution in [0, 0.1) is 0 Å². The van der Waals surface area contributed by atoms with Crippen LogP contribution in [-0.4, -0.2) is 24.6 Å². The van der Waals surface area contributed by atoms with Gasteiger partial charge in [-0.05, 0) is 39.8 Å². The van der Waals surface area contributed by atoms with Gasteiger partial charge in [0.15, 0.2) is 0 Å². The second kappa shape index (κ2) is 7.95. The third-order valence-corrected chi connectivity index (χ3v) is 3.13. The molecule has 0 amide bonds. The zero-order valence-corrected chi connectivity index (χ0v) is 12.7. The Kier molecular flexibility index (Phi) is 6.57. The highest BCUT2D eigenvalue weighted by Crippen LogP contribution is 2.24. The zero-order valence-electron chi connectivity index (χ0n) is 12.7. The van der Waals surface area contributed by atoms with Crippen LogP contribution in [-0.2, 0) is 0 Å². The second-order valence-corrected chi connectivity index (χ2v) is 5.06. The van der Waals surface area contributed by atoms with Gasteiger partial charge in [-0.25, -0.2) is 4.98 Å². The summed E-state index contributed by atoms with van der Waals surface area (Å²) in [7, 11) is 0. The third-order valence-electron chi connectivity index (χ3n) is 3.13. The summed E-state index contributed by atoms with van der Waals surface area (Å²) < 4.78 is 0. The number of hydrogen-bond donors (Lipinski definition) is 1. The van der Waals surface area contributed by atoms with Crippen molar-refractivity contribution in [3.8, 4) is 0 Å². The van der Waals surface area contributed by atoms with E-state index < -0.39 is 0 Å². The van der Waals surface area contributed by atoms with E-state index in [-0.39, 0.29) is 0 Å². The molecular weight excluding hydrogens is 234 g/mol. The topological polar surface area (TPSA) is 28.2 Å². The van der Waals surface area contributed by atoms with Crippen LogP contribution >= 0.6 is 0 Å². The van der Waals surface area contributed by atoms with Crippen molar-refractivity contribution in [3.05, 3.63) is 36.0 Å². The largest absolute Gasteiger partial charge is 0.353 e. The normalized spacial score (nSPS) is 12.2. The fourth-order valence-electron chi connectivity index (χ4n) is 2.14. The lowest BCUT2D eigenvalue weighted by atomic mass is 10.1. The molecule has 1 aromatic heterocycles. The first-order chi connectivity index (χ1) is 9.10. The molecule has 0 aliphatic rings. The number of pyridine rings is 1. The van der Waals surface area contributed by atoms with Gasteiger partial charge < -0.3 is 10.2 Å². The Morgan fingerprint density at radius 2 is 2.21 bits per heavy atom. The maximum atomic E-state index is 4.58. The number of nitrogens with zero attached hydrogens (tertiary/aromatic N) is 2. The van der Waals surface area contributed by atoms with Crippen molar-refractivity contribution in [1.82, 2.24) is 10.3 Å². The average Bonchev–Trinajstić information content (AvgIpc) is 2.42. The van der Waals surface area contributed by atoms with Gasteiger partial charge in [-0.15, -0.1) is 0 Å². The van der Waals surface area contributed by atoms with E-state index in [2.05, 4.69) is 55.5 Å². The number of rotatable bonds is 8. The number of likely N-dealkylation sites (N-methyl/N-ethyl adjacent to an activating group) is 1. The number of nitrogens with one attached hydrogen (secondary N) is 1. The van der Waals surface area contributed by atoms with E-state index in [0.717, 1.165) is 37.4 Å². The highest BCUT2D eigenvalue weighted by Gasteiger charge is 2.15. The monoisotopic (exact) mass is 261 g/mol. The van der Waals surface area contributed by atoms with Gasteiger partial charge in [0.25, 0.3) is 0 Å². The lowest BCUT2D eigenvalue weighted by molar-refractivity contribution is 0.567. The molecule has 1 unspecified atom stereocenters. The van der Waals surface area contributed by atoms with Crippen LogP contribution in [0.4, 0.5) is 5.82 Å². The molecular formula is C16H27N3. The minimum absolute atomic E-state index is 0.322. The van der Waals surface area contributed by atoms with Crippen molar-refractivity contribution in [2.75, 3.05) is 24.5 Å². The molecule has 0 aromatic carbocycles. The summed E-state index contributed by atoms with van der Waals surface area (Å²) in [6.07, 6.45) is 3.01. The van der Waals surface area contributed by atoms with Gasteiger partial charge in [0.1, 0.15) is 5.82 Å². The summed E-state index contributed by atoms with van der Waals surface area (Å²) in [5, 5.41) is 3.53. The predicted octanol–water partition coefficient (Wildman–Crippen LogP) is 3.54. The molecule has 0 fully saturated rings. The quantitative estimate of drug-likeness (QED) is 0.725. The Labute approximate surface area is 117 Å². The summed E-state index contributed by atoms with van der Waals surface area (Å²) in [6, 6.07) is 4.50. The van der Waals surface area contributed by atoms with Crippen molar-refractivity contribution in [2.24, 2.45) is 0 Å². The van der Waals surface area contributed by atoms with Crippen LogP contribution < -0.4 is 10.2 Å². The fourth-order valence-corrected chi connectivity index (χ4v) is 2.14. The maximum absolute atomic E-state index is 4.58. The SMILES string of the molecule is C=C(C)CN(CC)c1ncccc1C(C)NCCC. The molecule has 3 nitrogen and oxygen atoms in total. The van der Waals surface area contributed by atoms with Gasteiger partial charge >= 0.3 is 0 Å². The van der Waals surface area contributed by atoms with Gasteiger partial charge in [0, 0.05) is 30.9 Å². The van der Waals surface area contributed by atoms with E-state index in [1.807, 2.05) is 12.3 Å². The minimum Gasteiger partial charge on any atom is -0.353 e. The van der Waals surface area contributed by atoms with E-state index in [1.54, 1.807) is 0 Å². The smallest absolute Gasteiger partial charge is 0.133 e. The first-order valence-electron chi connectivity index (χ1n) is 7.17. The standard InChI is InChI=1S/C16H27N3/c1-6-10-17-14(5)15-9-8-11-18-16(15)19(7-2)12-13(3)4/h8-9,11,14,17H,3,6-7,10,12H2,1-2,4-5H3. The van der Waals surface area contributed by atoms with Gasteiger partial charge in [-0.2, -0.15) is 0 Å². The minimum atomic E-state index is 0.322. The molecule has 0 saturated heterocycles. The molecule has 1 rings (SSSR count). The van der Waals surface area contributed by atoms with Crippen LogP contribution in [0.3, 0.4) is 0 Å². The molecule has 3 heteroatoms. The Morgan fingerprint density at radius 1 is 1.47 bits per heavy atom. The zero-order chi connectivity index (χ0) is 14.3. The van der Waals surface area contributed by atoms with Gasteiger partial charge in [0.05, 0.1) is 0 Å². The molecule has 0 aliphatic carbocycles. The van der Waals surface area contributed by atoms with Crippen molar-refractivity contribution in [2.45, 2.75) is 40.2 Å². The Morgan fingerprint density at radius 3 is 2.79 bits per heavy atom. The first kappa shape index (κ1) is 15.7. The summed E-state index contributed by atoms with van der Waals surface area (Å²) in [5.74, 6) is 1.07. The Balaban J connectivity index is 2.95. The van der Waals surface area contributed by atoms with Gasteiger partial charge in [0.2, 0.25) is 0 Å². The van der Waals surface area contributed by atoms with E-state index in [0.29, 0.717) is 6.04 Å². The molecule has 1 atom stereocenters.